The minimum atomic E-state index is -3.21. The van der Waals surface area contributed by atoms with Gasteiger partial charge in [0.15, 0.2) is 0 Å². The zero-order valence-electron chi connectivity index (χ0n) is 10.1. The van der Waals surface area contributed by atoms with Crippen molar-refractivity contribution in [1.82, 2.24) is 4.72 Å². The van der Waals surface area contributed by atoms with Gasteiger partial charge in [-0.3, -0.25) is 0 Å². The Morgan fingerprint density at radius 2 is 2.28 bits per heavy atom. The third-order valence-corrected chi connectivity index (χ3v) is 5.68. The molecule has 0 spiro atoms. The Kier molecular flexibility index (Phi) is 4.29. The molecular weight excluding hydrogens is 318 g/mol. The SMILES string of the molecule is CC(Cc1ccc2c(c1)CCO2)NS(=O)(=O)CBr. The van der Waals surface area contributed by atoms with Crippen LogP contribution in [0, 0.1) is 0 Å². The van der Waals surface area contributed by atoms with Crippen molar-refractivity contribution < 1.29 is 13.2 Å². The lowest BCUT2D eigenvalue weighted by atomic mass is 10.0. The van der Waals surface area contributed by atoms with E-state index in [1.165, 1.54) is 5.56 Å². The van der Waals surface area contributed by atoms with E-state index in [2.05, 4.69) is 26.7 Å². The molecule has 4 nitrogen and oxygen atoms in total. The summed E-state index contributed by atoms with van der Waals surface area (Å²) in [6.45, 7) is 2.61. The monoisotopic (exact) mass is 333 g/mol. The zero-order valence-corrected chi connectivity index (χ0v) is 12.6. The van der Waals surface area contributed by atoms with Crippen molar-refractivity contribution in [2.45, 2.75) is 25.8 Å². The fraction of sp³-hybridized carbons (Fsp3) is 0.500. The quantitative estimate of drug-likeness (QED) is 0.836. The summed E-state index contributed by atoms with van der Waals surface area (Å²) in [6, 6.07) is 5.93. The van der Waals surface area contributed by atoms with E-state index in [1.807, 2.05) is 19.1 Å². The minimum Gasteiger partial charge on any atom is -0.493 e. The van der Waals surface area contributed by atoms with Crippen LogP contribution in [0.3, 0.4) is 0 Å². The molecule has 0 saturated heterocycles. The van der Waals surface area contributed by atoms with Gasteiger partial charge in [0.2, 0.25) is 10.0 Å². The second kappa shape index (κ2) is 5.59. The number of hydrogen-bond donors (Lipinski definition) is 1. The molecular formula is C12H16BrNO3S. The summed E-state index contributed by atoms with van der Waals surface area (Å²) in [5.41, 5.74) is 2.34. The summed E-state index contributed by atoms with van der Waals surface area (Å²) in [5, 5.41) is 0. The standard InChI is InChI=1S/C12H16BrNO3S/c1-9(14-18(15,16)8-13)6-10-2-3-12-11(7-10)4-5-17-12/h2-3,7,9,14H,4-6,8H2,1H3. The van der Waals surface area contributed by atoms with E-state index >= 15 is 0 Å². The van der Waals surface area contributed by atoms with Crippen molar-refractivity contribution in [2.24, 2.45) is 0 Å². The number of alkyl halides is 1. The largest absolute Gasteiger partial charge is 0.493 e. The second-order valence-corrected chi connectivity index (χ2v) is 7.54. The van der Waals surface area contributed by atoms with E-state index in [4.69, 9.17) is 4.74 Å². The third-order valence-electron chi connectivity index (χ3n) is 2.82. The van der Waals surface area contributed by atoms with Crippen LogP contribution in [0.4, 0.5) is 0 Å². The van der Waals surface area contributed by atoms with Crippen molar-refractivity contribution in [3.05, 3.63) is 29.3 Å². The Morgan fingerprint density at radius 1 is 1.50 bits per heavy atom. The van der Waals surface area contributed by atoms with Gasteiger partial charge in [-0.1, -0.05) is 28.1 Å². The maximum atomic E-state index is 11.4. The first kappa shape index (κ1) is 13.8. The van der Waals surface area contributed by atoms with Crippen LogP contribution in [-0.2, 0) is 22.9 Å². The molecule has 0 aliphatic carbocycles. The van der Waals surface area contributed by atoms with Crippen molar-refractivity contribution in [3.63, 3.8) is 0 Å². The molecule has 1 aliphatic rings. The molecule has 0 amide bonds. The number of rotatable bonds is 5. The molecule has 18 heavy (non-hydrogen) atoms. The number of ether oxygens (including phenoxy) is 1. The van der Waals surface area contributed by atoms with Gasteiger partial charge in [-0.05, 0) is 30.5 Å². The van der Waals surface area contributed by atoms with Crippen LogP contribution >= 0.6 is 15.9 Å². The Labute approximate surface area is 116 Å². The minimum absolute atomic E-state index is 0.0671. The van der Waals surface area contributed by atoms with Gasteiger partial charge in [-0.2, -0.15) is 0 Å². The topological polar surface area (TPSA) is 55.4 Å². The van der Waals surface area contributed by atoms with Gasteiger partial charge in [0.1, 0.15) is 10.4 Å². The lowest BCUT2D eigenvalue weighted by Gasteiger charge is -2.13. The highest BCUT2D eigenvalue weighted by molar-refractivity contribution is 9.10. The highest BCUT2D eigenvalue weighted by Gasteiger charge is 2.15. The molecule has 1 heterocycles. The molecule has 1 aliphatic heterocycles. The molecule has 0 fully saturated rings. The summed E-state index contributed by atoms with van der Waals surface area (Å²) in [6.07, 6.45) is 1.62. The molecule has 6 heteroatoms. The average Bonchev–Trinajstić information content (AvgIpc) is 2.75. The molecule has 1 atom stereocenters. The summed E-state index contributed by atoms with van der Waals surface area (Å²) >= 11 is 2.96. The van der Waals surface area contributed by atoms with E-state index in [9.17, 15) is 8.42 Å². The molecule has 1 unspecified atom stereocenters. The van der Waals surface area contributed by atoms with Gasteiger partial charge >= 0.3 is 0 Å². The van der Waals surface area contributed by atoms with E-state index in [0.29, 0.717) is 6.42 Å². The first-order valence-electron chi connectivity index (χ1n) is 5.81. The molecule has 1 N–H and O–H groups in total. The van der Waals surface area contributed by atoms with Crippen molar-refractivity contribution >= 4 is 26.0 Å². The van der Waals surface area contributed by atoms with Crippen LogP contribution in [0.1, 0.15) is 18.1 Å². The number of halogens is 1. The molecule has 1 aromatic rings. The normalized spacial score (nSPS) is 16.1. The van der Waals surface area contributed by atoms with E-state index in [1.54, 1.807) is 0 Å². The molecule has 1 aromatic carbocycles. The molecule has 0 saturated carbocycles. The summed E-state index contributed by atoms with van der Waals surface area (Å²) in [4.78, 5) is 0. The average molecular weight is 334 g/mol. The summed E-state index contributed by atoms with van der Waals surface area (Å²) < 4.78 is 30.8. The van der Waals surface area contributed by atoms with E-state index in [-0.39, 0.29) is 10.7 Å². The molecule has 0 aromatic heterocycles. The van der Waals surface area contributed by atoms with Crippen LogP contribution in [0.25, 0.3) is 0 Å². The number of benzene rings is 1. The van der Waals surface area contributed by atoms with Gasteiger partial charge in [0.05, 0.1) is 6.61 Å². The third kappa shape index (κ3) is 3.46. The van der Waals surface area contributed by atoms with Gasteiger partial charge in [0, 0.05) is 12.5 Å². The highest BCUT2D eigenvalue weighted by atomic mass is 79.9. The van der Waals surface area contributed by atoms with Crippen molar-refractivity contribution in [3.8, 4) is 5.75 Å². The maximum absolute atomic E-state index is 11.4. The van der Waals surface area contributed by atoms with Crippen molar-refractivity contribution in [2.75, 3.05) is 11.3 Å². The van der Waals surface area contributed by atoms with Crippen LogP contribution in [0.5, 0.6) is 5.75 Å². The summed E-state index contributed by atoms with van der Waals surface area (Å²) in [7, 11) is -3.21. The first-order valence-corrected chi connectivity index (χ1v) is 8.58. The van der Waals surface area contributed by atoms with Crippen LogP contribution in [0.15, 0.2) is 18.2 Å². The number of fused-ring (bicyclic) bond motifs is 1. The van der Waals surface area contributed by atoms with E-state index < -0.39 is 10.0 Å². The maximum Gasteiger partial charge on any atom is 0.221 e. The fourth-order valence-corrected chi connectivity index (χ4v) is 3.26. The van der Waals surface area contributed by atoms with Crippen LogP contribution < -0.4 is 9.46 Å². The first-order chi connectivity index (χ1) is 8.50. The van der Waals surface area contributed by atoms with Crippen molar-refractivity contribution in [1.29, 1.82) is 0 Å². The molecule has 0 bridgehead atoms. The predicted octanol–water partition coefficient (Wildman–Crippen LogP) is 1.82. The van der Waals surface area contributed by atoms with Crippen LogP contribution in [-0.4, -0.2) is 25.7 Å². The van der Waals surface area contributed by atoms with Gasteiger partial charge in [-0.25, -0.2) is 13.1 Å². The molecule has 100 valence electrons. The highest BCUT2D eigenvalue weighted by Crippen LogP contribution is 2.26. The number of sulfonamides is 1. The zero-order chi connectivity index (χ0) is 13.2. The predicted molar refractivity (Wildman–Crippen MR) is 74.7 cm³/mol. The van der Waals surface area contributed by atoms with Gasteiger partial charge in [0.25, 0.3) is 0 Å². The fourth-order valence-electron chi connectivity index (χ4n) is 2.10. The van der Waals surface area contributed by atoms with Gasteiger partial charge < -0.3 is 4.74 Å². The lowest BCUT2D eigenvalue weighted by Crippen LogP contribution is -2.34. The Morgan fingerprint density at radius 3 is 3.00 bits per heavy atom. The van der Waals surface area contributed by atoms with Crippen LogP contribution in [0.2, 0.25) is 0 Å². The second-order valence-electron chi connectivity index (χ2n) is 4.49. The Balaban J connectivity index is 2.01. The summed E-state index contributed by atoms with van der Waals surface area (Å²) in [5.74, 6) is 0.951. The Bertz CT molecular complexity index is 530. The molecule has 2 rings (SSSR count). The van der Waals surface area contributed by atoms with E-state index in [0.717, 1.165) is 24.3 Å². The Hall–Kier alpha value is -0.590. The van der Waals surface area contributed by atoms with Gasteiger partial charge in [-0.15, -0.1) is 0 Å². The lowest BCUT2D eigenvalue weighted by molar-refractivity contribution is 0.357. The number of hydrogen-bond acceptors (Lipinski definition) is 3. The smallest absolute Gasteiger partial charge is 0.221 e. The number of nitrogens with one attached hydrogen (secondary N) is 1. The molecule has 0 radical (unpaired) electrons.